The number of nitrogens with two attached hydrogens (primary N) is 1. The average molecular weight is 392 g/mol. The second kappa shape index (κ2) is 6.62. The first-order chi connectivity index (χ1) is 14.8. The number of nitrogens with one attached hydrogen (secondary N) is 1. The summed E-state index contributed by atoms with van der Waals surface area (Å²) < 4.78 is 0. The molecule has 0 aliphatic heterocycles. The summed E-state index contributed by atoms with van der Waals surface area (Å²) in [6.45, 7) is 0. The lowest BCUT2D eigenvalue weighted by molar-refractivity contribution is 0.414. The van der Waals surface area contributed by atoms with E-state index in [0.29, 0.717) is 11.7 Å². The first-order valence-electron chi connectivity index (χ1n) is 10.2. The van der Waals surface area contributed by atoms with Gasteiger partial charge in [-0.1, -0.05) is 48.9 Å². The smallest absolute Gasteiger partial charge is 0.159 e. The van der Waals surface area contributed by atoms with Gasteiger partial charge in [0, 0.05) is 34.3 Å². The van der Waals surface area contributed by atoms with Gasteiger partial charge in [-0.25, -0.2) is 19.9 Å². The Bertz CT molecular complexity index is 1390. The largest absolute Gasteiger partial charge is 0.383 e. The number of hydrogen-bond acceptors (Lipinski definition) is 5. The molecule has 3 heterocycles. The third kappa shape index (κ3) is 2.64. The standard InChI is InChI=1S/C24H20N6/c25-23-19-20(30-21(14-7-4-8-14)22(19)27-13-28-23)16-9-10-17-12-26-24(29-18(17)11-16)15-5-2-1-3-6-15/h1-3,5-6,9-14,30H,4,7-8H2,(H2,25,27,28). The first-order valence-corrected chi connectivity index (χ1v) is 10.2. The van der Waals surface area contributed by atoms with Gasteiger partial charge in [-0.3, -0.25) is 0 Å². The fourth-order valence-electron chi connectivity index (χ4n) is 4.22. The molecule has 0 bridgehead atoms. The number of aromatic amines is 1. The molecule has 0 unspecified atom stereocenters. The highest BCUT2D eigenvalue weighted by molar-refractivity contribution is 6.03. The number of anilines is 1. The minimum atomic E-state index is 0.504. The van der Waals surface area contributed by atoms with Crippen LogP contribution in [0.15, 0.2) is 61.1 Å². The Hall–Kier alpha value is -3.80. The molecule has 3 N–H and O–H groups in total. The van der Waals surface area contributed by atoms with E-state index >= 15 is 0 Å². The van der Waals surface area contributed by atoms with Crippen LogP contribution in [0.4, 0.5) is 5.82 Å². The van der Waals surface area contributed by atoms with E-state index < -0.39 is 0 Å². The summed E-state index contributed by atoms with van der Waals surface area (Å²) in [6.07, 6.45) is 7.06. The van der Waals surface area contributed by atoms with E-state index in [1.165, 1.54) is 25.0 Å². The molecule has 0 saturated heterocycles. The molecule has 0 radical (unpaired) electrons. The lowest BCUT2D eigenvalue weighted by atomic mass is 9.82. The molecular formula is C24H20N6. The van der Waals surface area contributed by atoms with Crippen LogP contribution < -0.4 is 5.73 Å². The molecule has 6 rings (SSSR count). The molecule has 6 heteroatoms. The van der Waals surface area contributed by atoms with Gasteiger partial charge in [0.2, 0.25) is 0 Å². The van der Waals surface area contributed by atoms with Crippen molar-refractivity contribution in [2.75, 3.05) is 5.73 Å². The predicted octanol–water partition coefficient (Wildman–Crippen LogP) is 5.08. The quantitative estimate of drug-likeness (QED) is 0.446. The van der Waals surface area contributed by atoms with E-state index in [1.54, 1.807) is 6.33 Å². The molecule has 0 spiro atoms. The predicted molar refractivity (Wildman–Crippen MR) is 119 cm³/mol. The number of aromatic nitrogens is 5. The zero-order valence-corrected chi connectivity index (χ0v) is 16.3. The van der Waals surface area contributed by atoms with Crippen LogP contribution in [0, 0.1) is 0 Å². The molecule has 6 nitrogen and oxygen atoms in total. The third-order valence-electron chi connectivity index (χ3n) is 6.06. The van der Waals surface area contributed by atoms with Crippen molar-refractivity contribution in [2.45, 2.75) is 25.2 Å². The van der Waals surface area contributed by atoms with Crippen LogP contribution >= 0.6 is 0 Å². The highest BCUT2D eigenvalue weighted by Crippen LogP contribution is 2.42. The van der Waals surface area contributed by atoms with Gasteiger partial charge in [0.15, 0.2) is 5.82 Å². The Morgan fingerprint density at radius 2 is 1.80 bits per heavy atom. The third-order valence-corrected chi connectivity index (χ3v) is 6.06. The minimum Gasteiger partial charge on any atom is -0.383 e. The zero-order chi connectivity index (χ0) is 20.1. The van der Waals surface area contributed by atoms with Crippen LogP contribution in [0.5, 0.6) is 0 Å². The monoisotopic (exact) mass is 392 g/mol. The molecule has 146 valence electrons. The second-order valence-electron chi connectivity index (χ2n) is 7.86. The van der Waals surface area contributed by atoms with Gasteiger partial charge in [-0.2, -0.15) is 0 Å². The molecule has 2 aromatic carbocycles. The Kier molecular flexibility index (Phi) is 3.77. The maximum atomic E-state index is 6.28. The van der Waals surface area contributed by atoms with Crippen molar-refractivity contribution in [1.82, 2.24) is 24.9 Å². The number of nitrogens with zero attached hydrogens (tertiary/aromatic N) is 4. The van der Waals surface area contributed by atoms with Crippen LogP contribution in [0.2, 0.25) is 0 Å². The number of hydrogen-bond donors (Lipinski definition) is 2. The number of H-pyrrole nitrogens is 1. The van der Waals surface area contributed by atoms with Gasteiger partial charge < -0.3 is 10.7 Å². The Labute approximate surface area is 173 Å². The van der Waals surface area contributed by atoms with Crippen LogP contribution in [0.3, 0.4) is 0 Å². The van der Waals surface area contributed by atoms with Crippen molar-refractivity contribution in [2.24, 2.45) is 0 Å². The molecular weight excluding hydrogens is 372 g/mol. The number of benzene rings is 2. The average Bonchev–Trinajstić information content (AvgIpc) is 3.13. The van der Waals surface area contributed by atoms with E-state index in [0.717, 1.165) is 44.5 Å². The molecule has 3 aromatic heterocycles. The van der Waals surface area contributed by atoms with Crippen molar-refractivity contribution < 1.29 is 0 Å². The van der Waals surface area contributed by atoms with Crippen molar-refractivity contribution in [3.05, 3.63) is 66.7 Å². The van der Waals surface area contributed by atoms with Crippen molar-refractivity contribution in [3.8, 4) is 22.6 Å². The Morgan fingerprint density at radius 1 is 0.933 bits per heavy atom. The van der Waals surface area contributed by atoms with Crippen molar-refractivity contribution >= 4 is 27.6 Å². The SMILES string of the molecule is Nc1ncnc2c(C3CCC3)[nH]c(-c3ccc4cnc(-c5ccccc5)nc4c3)c12. The van der Waals surface area contributed by atoms with E-state index in [2.05, 4.69) is 38.1 Å². The number of rotatable bonds is 3. The van der Waals surface area contributed by atoms with E-state index in [9.17, 15) is 0 Å². The lowest BCUT2D eigenvalue weighted by Gasteiger charge is -2.24. The van der Waals surface area contributed by atoms with Crippen LogP contribution in [-0.2, 0) is 0 Å². The minimum absolute atomic E-state index is 0.504. The van der Waals surface area contributed by atoms with E-state index in [4.69, 9.17) is 10.7 Å². The molecule has 1 fully saturated rings. The van der Waals surface area contributed by atoms with Gasteiger partial charge >= 0.3 is 0 Å². The summed E-state index contributed by atoms with van der Waals surface area (Å²) in [6, 6.07) is 16.2. The van der Waals surface area contributed by atoms with Crippen molar-refractivity contribution in [3.63, 3.8) is 0 Å². The lowest BCUT2D eigenvalue weighted by Crippen LogP contribution is -2.09. The highest BCUT2D eigenvalue weighted by atomic mass is 14.9. The normalized spacial score (nSPS) is 14.3. The Morgan fingerprint density at radius 3 is 2.60 bits per heavy atom. The molecule has 0 atom stereocenters. The number of fused-ring (bicyclic) bond motifs is 2. The fraction of sp³-hybridized carbons (Fsp3) is 0.167. The van der Waals surface area contributed by atoms with Gasteiger partial charge in [-0.15, -0.1) is 0 Å². The highest BCUT2D eigenvalue weighted by Gasteiger charge is 2.26. The summed E-state index contributed by atoms with van der Waals surface area (Å²) in [4.78, 5) is 21.8. The zero-order valence-electron chi connectivity index (χ0n) is 16.3. The van der Waals surface area contributed by atoms with Crippen molar-refractivity contribution in [1.29, 1.82) is 0 Å². The van der Waals surface area contributed by atoms with Gasteiger partial charge in [0.05, 0.1) is 22.1 Å². The van der Waals surface area contributed by atoms with E-state index in [1.807, 2.05) is 36.5 Å². The topological polar surface area (TPSA) is 93.4 Å². The van der Waals surface area contributed by atoms with Gasteiger partial charge in [-0.05, 0) is 18.9 Å². The molecule has 1 saturated carbocycles. The van der Waals surface area contributed by atoms with Crippen LogP contribution in [0.25, 0.3) is 44.5 Å². The summed E-state index contributed by atoms with van der Waals surface area (Å²) in [5.41, 5.74) is 12.3. The second-order valence-corrected chi connectivity index (χ2v) is 7.86. The summed E-state index contributed by atoms with van der Waals surface area (Å²) in [5.74, 6) is 1.74. The number of nitrogen functional groups attached to an aromatic ring is 1. The molecule has 1 aliphatic carbocycles. The first kappa shape index (κ1) is 17.1. The fourth-order valence-corrected chi connectivity index (χ4v) is 4.22. The molecule has 5 aromatic rings. The summed E-state index contributed by atoms with van der Waals surface area (Å²) in [7, 11) is 0. The molecule has 0 amide bonds. The molecule has 1 aliphatic rings. The van der Waals surface area contributed by atoms with Crippen LogP contribution in [0.1, 0.15) is 30.9 Å². The maximum Gasteiger partial charge on any atom is 0.159 e. The molecule has 30 heavy (non-hydrogen) atoms. The summed E-state index contributed by atoms with van der Waals surface area (Å²) in [5, 5.41) is 1.90. The van der Waals surface area contributed by atoms with Crippen LogP contribution in [-0.4, -0.2) is 24.9 Å². The summed E-state index contributed by atoms with van der Waals surface area (Å²) >= 11 is 0. The Balaban J connectivity index is 1.53. The van der Waals surface area contributed by atoms with E-state index in [-0.39, 0.29) is 0 Å². The van der Waals surface area contributed by atoms with Gasteiger partial charge in [0.25, 0.3) is 0 Å². The maximum absolute atomic E-state index is 6.28. The van der Waals surface area contributed by atoms with Gasteiger partial charge in [0.1, 0.15) is 12.1 Å².